The maximum absolute atomic E-state index is 12.4. The van der Waals surface area contributed by atoms with Crippen molar-refractivity contribution in [3.05, 3.63) is 52.9 Å². The van der Waals surface area contributed by atoms with E-state index in [9.17, 15) is 4.79 Å². The summed E-state index contributed by atoms with van der Waals surface area (Å²) in [6, 6.07) is 7.80. The van der Waals surface area contributed by atoms with Crippen LogP contribution in [0.2, 0.25) is 0 Å². The van der Waals surface area contributed by atoms with E-state index >= 15 is 0 Å². The van der Waals surface area contributed by atoms with Gasteiger partial charge in [0.15, 0.2) is 5.78 Å². The zero-order chi connectivity index (χ0) is 17.5. The number of hydrogen-bond donors (Lipinski definition) is 0. The largest absolute Gasteiger partial charge is 0.494 e. The number of carbonyl (C=O) groups excluding carboxylic acids is 1. The maximum atomic E-state index is 12.4. The summed E-state index contributed by atoms with van der Waals surface area (Å²) in [5.74, 6) is 0.853. The molecule has 0 bridgehead atoms. The number of aryl methyl sites for hydroxylation is 2. The first kappa shape index (κ1) is 18.0. The van der Waals surface area contributed by atoms with Gasteiger partial charge in [-0.05, 0) is 44.0 Å². The highest BCUT2D eigenvalue weighted by Gasteiger charge is 2.14. The molecule has 0 aliphatic rings. The zero-order valence-corrected chi connectivity index (χ0v) is 15.0. The third-order valence-corrected chi connectivity index (χ3v) is 4.08. The van der Waals surface area contributed by atoms with Crippen LogP contribution in [0, 0.1) is 13.8 Å². The molecule has 0 N–H and O–H groups in total. The molecule has 128 valence electrons. The molecule has 2 aromatic rings. The Morgan fingerprint density at radius 1 is 1.21 bits per heavy atom. The van der Waals surface area contributed by atoms with Crippen molar-refractivity contribution in [3.63, 3.8) is 0 Å². The van der Waals surface area contributed by atoms with Crippen LogP contribution in [0.5, 0.6) is 5.75 Å². The number of allylic oxidation sites excluding steroid dienone is 1. The van der Waals surface area contributed by atoms with Crippen LogP contribution < -0.4 is 4.74 Å². The zero-order valence-electron chi connectivity index (χ0n) is 15.0. The molecule has 1 heterocycles. The van der Waals surface area contributed by atoms with Crippen molar-refractivity contribution in [2.45, 2.75) is 40.0 Å². The van der Waals surface area contributed by atoms with E-state index in [-0.39, 0.29) is 5.78 Å². The predicted molar refractivity (Wildman–Crippen MR) is 97.5 cm³/mol. The van der Waals surface area contributed by atoms with Crippen molar-refractivity contribution >= 4 is 11.9 Å². The van der Waals surface area contributed by atoms with Gasteiger partial charge in [0.2, 0.25) is 0 Å². The summed E-state index contributed by atoms with van der Waals surface area (Å²) in [4.78, 5) is 12.4. The lowest BCUT2D eigenvalue weighted by Crippen LogP contribution is -1.99. The molecule has 4 nitrogen and oxygen atoms in total. The average molecular weight is 326 g/mol. The van der Waals surface area contributed by atoms with Gasteiger partial charge in [-0.1, -0.05) is 38.0 Å². The van der Waals surface area contributed by atoms with Crippen LogP contribution in [0.1, 0.15) is 53.5 Å². The van der Waals surface area contributed by atoms with Crippen molar-refractivity contribution in [1.82, 2.24) is 9.78 Å². The lowest BCUT2D eigenvalue weighted by atomic mass is 10.1. The predicted octanol–water partition coefficient (Wildman–Crippen LogP) is 4.50. The van der Waals surface area contributed by atoms with Crippen LogP contribution in [0.15, 0.2) is 30.3 Å². The van der Waals surface area contributed by atoms with Gasteiger partial charge in [-0.25, -0.2) is 0 Å². The summed E-state index contributed by atoms with van der Waals surface area (Å²) in [6.07, 6.45) is 6.90. The number of unbranched alkanes of at least 4 members (excludes halogenated alkanes) is 2. The van der Waals surface area contributed by atoms with Gasteiger partial charge in [0.25, 0.3) is 0 Å². The standard InChI is InChI=1S/C20H26N2O2/c1-5-6-7-14-24-18-11-8-17(9-12-18)10-13-19(23)20-15(2)21-22(4)16(20)3/h8-13H,5-7,14H2,1-4H3/b13-10+. The normalized spacial score (nSPS) is 11.2. The molecule has 4 heteroatoms. The third-order valence-electron chi connectivity index (χ3n) is 4.08. The summed E-state index contributed by atoms with van der Waals surface area (Å²) < 4.78 is 7.43. The van der Waals surface area contributed by atoms with Gasteiger partial charge >= 0.3 is 0 Å². The van der Waals surface area contributed by atoms with Crippen LogP contribution in [0.4, 0.5) is 0 Å². The molecule has 0 saturated heterocycles. The molecule has 0 aliphatic heterocycles. The Kier molecular flexibility index (Phi) is 6.36. The van der Waals surface area contributed by atoms with Gasteiger partial charge in [-0.15, -0.1) is 0 Å². The molecule has 0 atom stereocenters. The lowest BCUT2D eigenvalue weighted by molar-refractivity contribution is 0.104. The fraction of sp³-hybridized carbons (Fsp3) is 0.400. The van der Waals surface area contributed by atoms with Gasteiger partial charge in [-0.3, -0.25) is 9.48 Å². The Labute approximate surface area is 144 Å². The first-order valence-electron chi connectivity index (χ1n) is 8.48. The fourth-order valence-corrected chi connectivity index (χ4v) is 2.60. The van der Waals surface area contributed by atoms with Crippen LogP contribution in [-0.4, -0.2) is 22.2 Å². The minimum Gasteiger partial charge on any atom is -0.494 e. The van der Waals surface area contributed by atoms with Crippen molar-refractivity contribution in [2.24, 2.45) is 7.05 Å². The molecular weight excluding hydrogens is 300 g/mol. The van der Waals surface area contributed by atoms with E-state index in [1.54, 1.807) is 10.8 Å². The fourth-order valence-electron chi connectivity index (χ4n) is 2.60. The Balaban J connectivity index is 1.97. The summed E-state index contributed by atoms with van der Waals surface area (Å²) >= 11 is 0. The molecule has 0 aliphatic carbocycles. The smallest absolute Gasteiger partial charge is 0.189 e. The maximum Gasteiger partial charge on any atom is 0.189 e. The molecule has 2 rings (SSSR count). The van der Waals surface area contributed by atoms with E-state index in [4.69, 9.17) is 4.74 Å². The van der Waals surface area contributed by atoms with Gasteiger partial charge < -0.3 is 4.74 Å². The molecule has 1 aromatic carbocycles. The number of nitrogens with zero attached hydrogens (tertiary/aromatic N) is 2. The highest BCUT2D eigenvalue weighted by molar-refractivity contribution is 6.08. The summed E-state index contributed by atoms with van der Waals surface area (Å²) in [5.41, 5.74) is 3.31. The molecule has 0 fully saturated rings. The number of benzene rings is 1. The monoisotopic (exact) mass is 326 g/mol. The first-order valence-corrected chi connectivity index (χ1v) is 8.48. The summed E-state index contributed by atoms with van der Waals surface area (Å²) in [5, 5.41) is 4.29. The summed E-state index contributed by atoms with van der Waals surface area (Å²) in [7, 11) is 1.85. The Hall–Kier alpha value is -2.36. The van der Waals surface area contributed by atoms with Crippen molar-refractivity contribution in [2.75, 3.05) is 6.61 Å². The molecule has 1 aromatic heterocycles. The minimum atomic E-state index is -0.0157. The number of carbonyl (C=O) groups is 1. The Morgan fingerprint density at radius 2 is 1.92 bits per heavy atom. The van der Waals surface area contributed by atoms with Crippen molar-refractivity contribution in [3.8, 4) is 5.75 Å². The third kappa shape index (κ3) is 4.57. The van der Waals surface area contributed by atoms with E-state index in [2.05, 4.69) is 12.0 Å². The molecule has 0 unspecified atom stereocenters. The molecular formula is C20H26N2O2. The number of hydrogen-bond acceptors (Lipinski definition) is 3. The molecule has 0 spiro atoms. The molecule has 0 radical (unpaired) electrons. The van der Waals surface area contributed by atoms with Crippen LogP contribution in [-0.2, 0) is 7.05 Å². The average Bonchev–Trinajstić information content (AvgIpc) is 2.83. The summed E-state index contributed by atoms with van der Waals surface area (Å²) in [6.45, 7) is 6.70. The van der Waals surface area contributed by atoms with Gasteiger partial charge in [0, 0.05) is 12.7 Å². The van der Waals surface area contributed by atoms with E-state index in [1.807, 2.05) is 51.2 Å². The minimum absolute atomic E-state index is 0.0157. The van der Waals surface area contributed by atoms with Crippen LogP contribution in [0.3, 0.4) is 0 Å². The Bertz CT molecular complexity index is 712. The SMILES string of the molecule is CCCCCOc1ccc(/C=C/C(=O)c2c(C)nn(C)c2C)cc1. The highest BCUT2D eigenvalue weighted by Crippen LogP contribution is 2.16. The van der Waals surface area contributed by atoms with Crippen LogP contribution >= 0.6 is 0 Å². The second-order valence-electron chi connectivity index (χ2n) is 5.99. The number of ether oxygens (including phenoxy) is 1. The number of aromatic nitrogens is 2. The molecule has 0 amide bonds. The highest BCUT2D eigenvalue weighted by atomic mass is 16.5. The van der Waals surface area contributed by atoms with E-state index in [0.717, 1.165) is 35.7 Å². The second kappa shape index (κ2) is 8.48. The van der Waals surface area contributed by atoms with Crippen molar-refractivity contribution in [1.29, 1.82) is 0 Å². The Morgan fingerprint density at radius 3 is 2.50 bits per heavy atom. The van der Waals surface area contributed by atoms with E-state index < -0.39 is 0 Å². The molecule has 0 saturated carbocycles. The topological polar surface area (TPSA) is 44.1 Å². The lowest BCUT2D eigenvalue weighted by Gasteiger charge is -2.05. The van der Waals surface area contributed by atoms with Crippen molar-refractivity contribution < 1.29 is 9.53 Å². The van der Waals surface area contributed by atoms with Gasteiger partial charge in [0.05, 0.1) is 17.9 Å². The number of ketones is 1. The first-order chi connectivity index (χ1) is 11.5. The van der Waals surface area contributed by atoms with E-state index in [0.29, 0.717) is 5.56 Å². The number of rotatable bonds is 8. The van der Waals surface area contributed by atoms with E-state index in [1.165, 1.54) is 12.8 Å². The van der Waals surface area contributed by atoms with Crippen LogP contribution in [0.25, 0.3) is 6.08 Å². The van der Waals surface area contributed by atoms with Gasteiger partial charge in [0.1, 0.15) is 5.75 Å². The second-order valence-corrected chi connectivity index (χ2v) is 5.99. The van der Waals surface area contributed by atoms with Gasteiger partial charge in [-0.2, -0.15) is 5.10 Å². The molecule has 24 heavy (non-hydrogen) atoms. The quantitative estimate of drug-likeness (QED) is 0.407.